The van der Waals surface area contributed by atoms with E-state index in [1.807, 2.05) is 12.3 Å². The van der Waals surface area contributed by atoms with E-state index in [1.54, 1.807) is 12.4 Å². The summed E-state index contributed by atoms with van der Waals surface area (Å²) in [5.41, 5.74) is 13.1. The fourth-order valence-electron chi connectivity index (χ4n) is 4.70. The normalized spacial score (nSPS) is 19.8. The van der Waals surface area contributed by atoms with Gasteiger partial charge in [-0.25, -0.2) is 4.98 Å². The van der Waals surface area contributed by atoms with Gasteiger partial charge in [0.2, 0.25) is 0 Å². The van der Waals surface area contributed by atoms with E-state index in [1.165, 1.54) is 29.5 Å². The smallest absolute Gasteiger partial charge is 0.131 e. The molecule has 4 heterocycles. The molecule has 6 heteroatoms. The Morgan fingerprint density at radius 3 is 2.57 bits per heavy atom. The van der Waals surface area contributed by atoms with Crippen LogP contribution in [0.4, 0.5) is 5.82 Å². The van der Waals surface area contributed by atoms with E-state index in [0.29, 0.717) is 17.8 Å². The number of hydrogen-bond acceptors (Lipinski definition) is 6. The van der Waals surface area contributed by atoms with Gasteiger partial charge in [-0.05, 0) is 73.0 Å². The average Bonchev–Trinajstić information content (AvgIpc) is 3.35. The third kappa shape index (κ3) is 3.80. The molecule has 154 valence electrons. The monoisotopic (exact) mass is 401 g/mol. The van der Waals surface area contributed by atoms with Gasteiger partial charge < -0.3 is 15.8 Å². The van der Waals surface area contributed by atoms with Crippen LogP contribution in [0.3, 0.4) is 0 Å². The molecule has 0 aliphatic carbocycles. The summed E-state index contributed by atoms with van der Waals surface area (Å²) in [7, 11) is 0. The molecule has 0 spiro atoms. The second-order valence-electron chi connectivity index (χ2n) is 8.17. The fourth-order valence-corrected chi connectivity index (χ4v) is 4.70. The lowest BCUT2D eigenvalue weighted by molar-refractivity contribution is 0.0851. The van der Waals surface area contributed by atoms with Crippen molar-refractivity contribution in [3.8, 4) is 22.3 Å². The van der Waals surface area contributed by atoms with Crippen LogP contribution in [0.2, 0.25) is 0 Å². The second kappa shape index (κ2) is 8.50. The van der Waals surface area contributed by atoms with Gasteiger partial charge in [0.1, 0.15) is 5.82 Å². The highest BCUT2D eigenvalue weighted by atomic mass is 16.5. The van der Waals surface area contributed by atoms with Crippen molar-refractivity contribution in [3.05, 3.63) is 60.0 Å². The van der Waals surface area contributed by atoms with Gasteiger partial charge in [0.15, 0.2) is 0 Å². The number of ether oxygens (including phenoxy) is 1. The van der Waals surface area contributed by atoms with Crippen LogP contribution < -0.4 is 11.1 Å². The number of aromatic nitrogens is 3. The Morgan fingerprint density at radius 1 is 0.900 bits per heavy atom. The van der Waals surface area contributed by atoms with Crippen LogP contribution >= 0.6 is 0 Å². The van der Waals surface area contributed by atoms with Crippen LogP contribution in [0.15, 0.2) is 48.9 Å². The third-order valence-corrected chi connectivity index (χ3v) is 6.33. The molecule has 1 aromatic carbocycles. The highest BCUT2D eigenvalue weighted by molar-refractivity contribution is 5.79. The summed E-state index contributed by atoms with van der Waals surface area (Å²) in [6.45, 7) is 2.80. The highest BCUT2D eigenvalue weighted by Crippen LogP contribution is 2.38. The molecule has 0 radical (unpaired) electrons. The molecule has 6 nitrogen and oxygen atoms in total. The average molecular weight is 402 g/mol. The molecule has 1 atom stereocenters. The lowest BCUT2D eigenvalue weighted by Crippen LogP contribution is -2.19. The zero-order chi connectivity index (χ0) is 20.3. The number of anilines is 1. The lowest BCUT2D eigenvalue weighted by atomic mass is 9.84. The first kappa shape index (κ1) is 19.2. The standard InChI is InChI=1S/C24H27N5O/c25-24-21(18-5-9-28-29-15-18)13-19(14-27-24)17-3-4-20(16-6-10-30-11-7-16)22(12-17)23-2-1-8-26-23/h3-5,9,12-16,23,26H,1-2,6-8,10-11H2,(H2,25,27)/t23-/m0/s1. The molecule has 0 unspecified atom stereocenters. The number of nitrogens with two attached hydrogens (primary N) is 1. The van der Waals surface area contributed by atoms with Gasteiger partial charge in [-0.2, -0.15) is 10.2 Å². The van der Waals surface area contributed by atoms with Crippen molar-refractivity contribution in [2.75, 3.05) is 25.5 Å². The van der Waals surface area contributed by atoms with Gasteiger partial charge in [0, 0.05) is 42.1 Å². The molecule has 0 saturated carbocycles. The molecule has 3 N–H and O–H groups in total. The van der Waals surface area contributed by atoms with Crippen molar-refractivity contribution >= 4 is 5.82 Å². The molecule has 2 aromatic heterocycles. The molecule has 2 aliphatic heterocycles. The van der Waals surface area contributed by atoms with Crippen molar-refractivity contribution in [1.29, 1.82) is 0 Å². The molecule has 0 amide bonds. The Labute approximate surface area is 176 Å². The van der Waals surface area contributed by atoms with Crippen molar-refractivity contribution in [2.24, 2.45) is 0 Å². The molecular weight excluding hydrogens is 374 g/mol. The van der Waals surface area contributed by atoms with Gasteiger partial charge in [0.05, 0.1) is 12.4 Å². The SMILES string of the molecule is Nc1ncc(-c2ccc(C3CCOCC3)c([C@@H]3CCCN3)c2)cc1-c1ccnnc1. The molecular formula is C24H27N5O. The van der Waals surface area contributed by atoms with E-state index in [9.17, 15) is 0 Å². The van der Waals surface area contributed by atoms with Gasteiger partial charge in [-0.15, -0.1) is 0 Å². The van der Waals surface area contributed by atoms with Gasteiger partial charge in [0.25, 0.3) is 0 Å². The van der Waals surface area contributed by atoms with Crippen LogP contribution in [0.25, 0.3) is 22.3 Å². The summed E-state index contributed by atoms with van der Waals surface area (Å²) < 4.78 is 5.60. The molecule has 2 aliphatic rings. The second-order valence-corrected chi connectivity index (χ2v) is 8.17. The minimum atomic E-state index is 0.424. The maximum atomic E-state index is 6.17. The minimum Gasteiger partial charge on any atom is -0.383 e. The molecule has 2 fully saturated rings. The maximum Gasteiger partial charge on any atom is 0.131 e. The van der Waals surface area contributed by atoms with E-state index in [0.717, 1.165) is 49.3 Å². The number of pyridine rings is 1. The number of nitrogens with one attached hydrogen (secondary N) is 1. The summed E-state index contributed by atoms with van der Waals surface area (Å²) in [4.78, 5) is 4.47. The quantitative estimate of drug-likeness (QED) is 0.684. The number of nitrogens with zero attached hydrogens (tertiary/aromatic N) is 3. The Kier molecular flexibility index (Phi) is 5.43. The van der Waals surface area contributed by atoms with Crippen molar-refractivity contribution in [2.45, 2.75) is 37.6 Å². The summed E-state index contributed by atoms with van der Waals surface area (Å²) in [6, 6.07) is 11.3. The van der Waals surface area contributed by atoms with Crippen molar-refractivity contribution < 1.29 is 4.74 Å². The van der Waals surface area contributed by atoms with Crippen molar-refractivity contribution in [3.63, 3.8) is 0 Å². The fraction of sp³-hybridized carbons (Fsp3) is 0.375. The third-order valence-electron chi connectivity index (χ3n) is 6.33. The molecule has 2 saturated heterocycles. The van der Waals surface area contributed by atoms with E-state index in [4.69, 9.17) is 10.5 Å². The van der Waals surface area contributed by atoms with Crippen LogP contribution in [0, 0.1) is 0 Å². The predicted molar refractivity (Wildman–Crippen MR) is 118 cm³/mol. The first-order chi connectivity index (χ1) is 14.8. The van der Waals surface area contributed by atoms with Crippen LogP contribution in [-0.2, 0) is 4.74 Å². The van der Waals surface area contributed by atoms with Gasteiger partial charge in [-0.3, -0.25) is 0 Å². The zero-order valence-corrected chi connectivity index (χ0v) is 17.1. The van der Waals surface area contributed by atoms with Crippen LogP contribution in [0.5, 0.6) is 0 Å². The number of nitrogen functional groups attached to an aromatic ring is 1. The van der Waals surface area contributed by atoms with E-state index in [2.05, 4.69) is 44.8 Å². The largest absolute Gasteiger partial charge is 0.383 e. The Balaban J connectivity index is 1.55. The number of hydrogen-bond donors (Lipinski definition) is 2. The Hall–Kier alpha value is -2.83. The lowest BCUT2D eigenvalue weighted by Gasteiger charge is -2.27. The highest BCUT2D eigenvalue weighted by Gasteiger charge is 2.25. The molecule has 30 heavy (non-hydrogen) atoms. The molecule has 3 aromatic rings. The molecule has 5 rings (SSSR count). The van der Waals surface area contributed by atoms with E-state index >= 15 is 0 Å². The van der Waals surface area contributed by atoms with E-state index in [-0.39, 0.29) is 0 Å². The van der Waals surface area contributed by atoms with Crippen LogP contribution in [0.1, 0.15) is 48.8 Å². The van der Waals surface area contributed by atoms with Crippen LogP contribution in [-0.4, -0.2) is 34.9 Å². The minimum absolute atomic E-state index is 0.424. The number of benzene rings is 1. The predicted octanol–water partition coefficient (Wildman–Crippen LogP) is 4.11. The Morgan fingerprint density at radius 2 is 1.80 bits per heavy atom. The topological polar surface area (TPSA) is 86.0 Å². The summed E-state index contributed by atoms with van der Waals surface area (Å²) in [5.74, 6) is 1.08. The summed E-state index contributed by atoms with van der Waals surface area (Å²) >= 11 is 0. The first-order valence-electron chi connectivity index (χ1n) is 10.8. The van der Waals surface area contributed by atoms with Crippen molar-refractivity contribution in [1.82, 2.24) is 20.5 Å². The zero-order valence-electron chi connectivity index (χ0n) is 17.1. The first-order valence-corrected chi connectivity index (χ1v) is 10.8. The van der Waals surface area contributed by atoms with Gasteiger partial charge in [-0.1, -0.05) is 12.1 Å². The maximum absolute atomic E-state index is 6.17. The number of rotatable bonds is 4. The Bertz CT molecular complexity index is 1010. The summed E-state index contributed by atoms with van der Waals surface area (Å²) in [5, 5.41) is 11.5. The van der Waals surface area contributed by atoms with E-state index < -0.39 is 0 Å². The molecule has 0 bridgehead atoms. The summed E-state index contributed by atoms with van der Waals surface area (Å²) in [6.07, 6.45) is 9.87. The van der Waals surface area contributed by atoms with Gasteiger partial charge >= 0.3 is 0 Å².